The topological polar surface area (TPSA) is 30.0 Å². The van der Waals surface area contributed by atoms with E-state index in [0.717, 1.165) is 24.0 Å². The number of nitrogens with zero attached hydrogens (tertiary/aromatic N) is 1. The fraction of sp³-hybridized carbons (Fsp3) is 0.310. The molecule has 0 saturated heterocycles. The number of hydrogen-bond donors (Lipinski definition) is 0. The second kappa shape index (κ2) is 9.20. The first-order valence-corrected chi connectivity index (χ1v) is 11.6. The first kappa shape index (κ1) is 20.8. The van der Waals surface area contributed by atoms with Gasteiger partial charge in [-0.2, -0.15) is 0 Å². The van der Waals surface area contributed by atoms with Gasteiger partial charge in [0.25, 0.3) is 0 Å². The van der Waals surface area contributed by atoms with Crippen LogP contribution in [0.25, 0.3) is 6.08 Å². The molecule has 3 aromatic rings. The zero-order valence-electron chi connectivity index (χ0n) is 18.3. The van der Waals surface area contributed by atoms with Gasteiger partial charge < -0.3 is 0 Å². The Morgan fingerprint density at radius 2 is 1.78 bits per heavy atom. The van der Waals surface area contributed by atoms with Crippen molar-refractivity contribution in [3.8, 4) is 0 Å². The summed E-state index contributed by atoms with van der Waals surface area (Å²) in [5, 5.41) is 0. The van der Waals surface area contributed by atoms with Gasteiger partial charge in [0, 0.05) is 25.0 Å². The van der Waals surface area contributed by atoms with Crippen molar-refractivity contribution in [2.45, 2.75) is 56.8 Å². The van der Waals surface area contributed by atoms with E-state index in [2.05, 4.69) is 36.4 Å². The maximum atomic E-state index is 13.1. The molecular formula is C29H28FNO. The highest BCUT2D eigenvalue weighted by molar-refractivity contribution is 5.83. The number of pyridine rings is 1. The Bertz CT molecular complexity index is 1150. The van der Waals surface area contributed by atoms with Crippen molar-refractivity contribution >= 4 is 11.9 Å². The predicted octanol–water partition coefficient (Wildman–Crippen LogP) is 6.59. The van der Waals surface area contributed by atoms with E-state index in [-0.39, 0.29) is 11.6 Å². The standard InChI is InChI=1S/C29H28FNO/c30-26-12-10-20(11-13-26)17-27(32)18-21-4-1-6-23(16-21)24-7-2-8-25(19-24)29-28-9-3-5-22(28)14-15-31-29/h1,3-4,6,9-16,24-25H,2,5,7-8,17-19H2. The number of hydrogen-bond acceptors (Lipinski definition) is 2. The Labute approximate surface area is 189 Å². The summed E-state index contributed by atoms with van der Waals surface area (Å²) in [4.78, 5) is 17.4. The van der Waals surface area contributed by atoms with E-state index in [9.17, 15) is 9.18 Å². The Hall–Kier alpha value is -3.07. The third-order valence-electron chi connectivity index (χ3n) is 6.93. The summed E-state index contributed by atoms with van der Waals surface area (Å²) in [5.74, 6) is 0.886. The lowest BCUT2D eigenvalue weighted by Gasteiger charge is -2.30. The minimum absolute atomic E-state index is 0.158. The number of ketones is 1. The number of aromatic nitrogens is 1. The molecule has 2 unspecified atom stereocenters. The van der Waals surface area contributed by atoms with E-state index < -0.39 is 0 Å². The van der Waals surface area contributed by atoms with Crippen LogP contribution in [0.5, 0.6) is 0 Å². The van der Waals surface area contributed by atoms with Gasteiger partial charge in [-0.1, -0.05) is 55.0 Å². The fourth-order valence-electron chi connectivity index (χ4n) is 5.35. The zero-order chi connectivity index (χ0) is 21.9. The van der Waals surface area contributed by atoms with E-state index in [1.165, 1.54) is 53.8 Å². The number of Topliss-reactive ketones (excluding diaryl/α,β-unsaturated/α-hetero) is 1. The van der Waals surface area contributed by atoms with Crippen LogP contribution in [-0.4, -0.2) is 10.8 Å². The highest BCUT2D eigenvalue weighted by atomic mass is 19.1. The lowest BCUT2D eigenvalue weighted by molar-refractivity contribution is -0.117. The molecule has 0 radical (unpaired) electrons. The monoisotopic (exact) mass is 425 g/mol. The van der Waals surface area contributed by atoms with Crippen LogP contribution in [0.15, 0.2) is 66.9 Å². The molecule has 3 heteroatoms. The minimum atomic E-state index is -0.272. The Morgan fingerprint density at radius 1 is 0.969 bits per heavy atom. The van der Waals surface area contributed by atoms with Gasteiger partial charge in [0.15, 0.2) is 0 Å². The first-order valence-electron chi connectivity index (χ1n) is 11.6. The number of rotatable bonds is 6. The molecule has 0 N–H and O–H groups in total. The minimum Gasteiger partial charge on any atom is -0.299 e. The largest absolute Gasteiger partial charge is 0.299 e. The highest BCUT2D eigenvalue weighted by Gasteiger charge is 2.28. The molecule has 2 atom stereocenters. The highest BCUT2D eigenvalue weighted by Crippen LogP contribution is 2.42. The average Bonchev–Trinajstić information content (AvgIpc) is 3.30. The van der Waals surface area contributed by atoms with Gasteiger partial charge in [-0.3, -0.25) is 9.78 Å². The molecular weight excluding hydrogens is 397 g/mol. The van der Waals surface area contributed by atoms with Gasteiger partial charge >= 0.3 is 0 Å². The van der Waals surface area contributed by atoms with E-state index >= 15 is 0 Å². The number of carbonyl (C=O) groups excluding carboxylic acids is 1. The predicted molar refractivity (Wildman–Crippen MR) is 126 cm³/mol. The van der Waals surface area contributed by atoms with Crippen molar-refractivity contribution in [3.05, 3.63) is 106 Å². The number of halogens is 1. The summed E-state index contributed by atoms with van der Waals surface area (Å²) in [6.07, 6.45) is 12.9. The quantitative estimate of drug-likeness (QED) is 0.446. The van der Waals surface area contributed by atoms with Crippen LogP contribution in [0.1, 0.15) is 71.0 Å². The number of fused-ring (bicyclic) bond motifs is 1. The van der Waals surface area contributed by atoms with Gasteiger partial charge in [-0.15, -0.1) is 0 Å². The summed E-state index contributed by atoms with van der Waals surface area (Å²) in [6, 6.07) is 16.9. The molecule has 2 aliphatic carbocycles. The molecule has 0 bridgehead atoms. The van der Waals surface area contributed by atoms with Gasteiger partial charge in [0.2, 0.25) is 0 Å². The number of allylic oxidation sites excluding steroid dienone is 1. The molecule has 32 heavy (non-hydrogen) atoms. The lowest BCUT2D eigenvalue weighted by atomic mass is 9.75. The maximum absolute atomic E-state index is 13.1. The molecule has 0 aliphatic heterocycles. The van der Waals surface area contributed by atoms with E-state index in [4.69, 9.17) is 4.98 Å². The van der Waals surface area contributed by atoms with E-state index in [1.807, 2.05) is 12.3 Å². The molecule has 1 aromatic heterocycles. The van der Waals surface area contributed by atoms with E-state index in [0.29, 0.717) is 24.7 Å². The first-order chi connectivity index (χ1) is 15.7. The van der Waals surface area contributed by atoms with Crippen molar-refractivity contribution in [3.63, 3.8) is 0 Å². The molecule has 162 valence electrons. The molecule has 1 saturated carbocycles. The van der Waals surface area contributed by atoms with Gasteiger partial charge in [-0.05, 0) is 77.6 Å². The summed E-state index contributed by atoms with van der Waals surface area (Å²) in [5.41, 5.74) is 7.28. The summed E-state index contributed by atoms with van der Waals surface area (Å²) >= 11 is 0. The van der Waals surface area contributed by atoms with Crippen molar-refractivity contribution in [1.82, 2.24) is 4.98 Å². The van der Waals surface area contributed by atoms with Crippen LogP contribution in [0.3, 0.4) is 0 Å². The Kier molecular flexibility index (Phi) is 5.98. The van der Waals surface area contributed by atoms with Crippen LogP contribution in [0.4, 0.5) is 4.39 Å². The van der Waals surface area contributed by atoms with Crippen molar-refractivity contribution in [2.75, 3.05) is 0 Å². The summed E-state index contributed by atoms with van der Waals surface area (Å²) in [6.45, 7) is 0. The second-order valence-corrected chi connectivity index (χ2v) is 9.20. The second-order valence-electron chi connectivity index (χ2n) is 9.20. The third kappa shape index (κ3) is 4.57. The van der Waals surface area contributed by atoms with Crippen LogP contribution in [0, 0.1) is 5.82 Å². The molecule has 0 amide bonds. The maximum Gasteiger partial charge on any atom is 0.141 e. The van der Waals surface area contributed by atoms with E-state index in [1.54, 1.807) is 12.1 Å². The molecule has 5 rings (SSSR count). The zero-order valence-corrected chi connectivity index (χ0v) is 18.3. The fourth-order valence-corrected chi connectivity index (χ4v) is 5.35. The molecule has 1 fully saturated rings. The van der Waals surface area contributed by atoms with Crippen LogP contribution in [0.2, 0.25) is 0 Å². The van der Waals surface area contributed by atoms with Crippen molar-refractivity contribution < 1.29 is 9.18 Å². The van der Waals surface area contributed by atoms with Crippen LogP contribution < -0.4 is 0 Å². The lowest BCUT2D eigenvalue weighted by Crippen LogP contribution is -2.15. The van der Waals surface area contributed by atoms with Gasteiger partial charge in [0.1, 0.15) is 11.6 Å². The smallest absolute Gasteiger partial charge is 0.141 e. The molecule has 2 aromatic carbocycles. The Morgan fingerprint density at radius 3 is 2.66 bits per heavy atom. The summed E-state index contributed by atoms with van der Waals surface area (Å²) < 4.78 is 13.1. The normalized spacial score (nSPS) is 19.7. The van der Waals surface area contributed by atoms with Crippen molar-refractivity contribution in [2.24, 2.45) is 0 Å². The SMILES string of the molecule is O=C(Cc1ccc(F)cc1)Cc1cccc(C2CCCC(c3nccc4c3C=CC4)C2)c1. The van der Waals surface area contributed by atoms with Crippen molar-refractivity contribution in [1.29, 1.82) is 0 Å². The van der Waals surface area contributed by atoms with Gasteiger partial charge in [-0.25, -0.2) is 4.39 Å². The molecule has 1 heterocycles. The molecule has 2 nitrogen and oxygen atoms in total. The van der Waals surface area contributed by atoms with Crippen LogP contribution in [-0.2, 0) is 24.1 Å². The molecule has 0 spiro atoms. The van der Waals surface area contributed by atoms with Crippen LogP contribution >= 0.6 is 0 Å². The number of carbonyl (C=O) groups is 1. The average molecular weight is 426 g/mol. The number of benzene rings is 2. The summed E-state index contributed by atoms with van der Waals surface area (Å²) in [7, 11) is 0. The Balaban J connectivity index is 1.28. The van der Waals surface area contributed by atoms with Gasteiger partial charge in [0.05, 0.1) is 5.69 Å². The molecule has 2 aliphatic rings. The third-order valence-corrected chi connectivity index (χ3v) is 6.93.